The third-order valence-corrected chi connectivity index (χ3v) is 3.99. The van der Waals surface area contributed by atoms with Crippen LogP contribution in [0.5, 0.6) is 0 Å². The number of anilines is 2. The normalized spacial score (nSPS) is 16.3. The number of benzene rings is 1. The highest BCUT2D eigenvalue weighted by Gasteiger charge is 2.25. The number of fused-ring (bicyclic) bond motifs is 2. The summed E-state index contributed by atoms with van der Waals surface area (Å²) in [5.41, 5.74) is 4.41. The molecule has 6 nitrogen and oxygen atoms in total. The van der Waals surface area contributed by atoms with Crippen molar-refractivity contribution in [1.29, 1.82) is 0 Å². The molecule has 1 aliphatic carbocycles. The van der Waals surface area contributed by atoms with E-state index >= 15 is 0 Å². The third kappa shape index (κ3) is 1.99. The minimum Gasteiger partial charge on any atom is -0.367 e. The lowest BCUT2D eigenvalue weighted by molar-refractivity contribution is 0.635. The van der Waals surface area contributed by atoms with Crippen LogP contribution in [0.4, 0.5) is 11.8 Å². The highest BCUT2D eigenvalue weighted by Crippen LogP contribution is 2.35. The summed E-state index contributed by atoms with van der Waals surface area (Å²) in [5.74, 6) is 1.92. The van der Waals surface area contributed by atoms with Gasteiger partial charge in [-0.05, 0) is 17.5 Å². The van der Waals surface area contributed by atoms with E-state index in [2.05, 4.69) is 54.8 Å². The topological polar surface area (TPSA) is 78.5 Å². The standard InChI is InChI=1S/C15H16N6/c1-16-15-20-13(12-14(21-15)19-8-18-12)17-7-10-6-9-4-2-3-5-11(9)10/h2-5,8,10H,6-7H2,1H3,(H3,16,17,18,19,20,21). The first-order valence-corrected chi connectivity index (χ1v) is 7.05. The highest BCUT2D eigenvalue weighted by atomic mass is 15.2. The van der Waals surface area contributed by atoms with Gasteiger partial charge in [0.05, 0.1) is 6.33 Å². The molecular weight excluding hydrogens is 264 g/mol. The van der Waals surface area contributed by atoms with Gasteiger partial charge in [0, 0.05) is 19.5 Å². The third-order valence-electron chi connectivity index (χ3n) is 3.99. The van der Waals surface area contributed by atoms with Crippen LogP contribution in [0.1, 0.15) is 17.0 Å². The van der Waals surface area contributed by atoms with Gasteiger partial charge in [-0.1, -0.05) is 24.3 Å². The molecule has 0 amide bonds. The molecule has 0 saturated carbocycles. The zero-order valence-corrected chi connectivity index (χ0v) is 11.7. The largest absolute Gasteiger partial charge is 0.367 e. The van der Waals surface area contributed by atoms with E-state index in [1.54, 1.807) is 13.4 Å². The second-order valence-corrected chi connectivity index (χ2v) is 5.23. The van der Waals surface area contributed by atoms with Crippen molar-refractivity contribution in [2.75, 3.05) is 24.2 Å². The first kappa shape index (κ1) is 12.1. The highest BCUT2D eigenvalue weighted by molar-refractivity contribution is 5.83. The van der Waals surface area contributed by atoms with E-state index in [1.165, 1.54) is 11.1 Å². The Labute approximate surface area is 122 Å². The van der Waals surface area contributed by atoms with E-state index in [0.717, 1.165) is 24.3 Å². The van der Waals surface area contributed by atoms with Crippen molar-refractivity contribution >= 4 is 22.9 Å². The average molecular weight is 280 g/mol. The Hall–Kier alpha value is -2.63. The van der Waals surface area contributed by atoms with Crippen molar-refractivity contribution in [2.24, 2.45) is 0 Å². The monoisotopic (exact) mass is 280 g/mol. The predicted octanol–water partition coefficient (Wildman–Crippen LogP) is 2.15. The Morgan fingerprint density at radius 1 is 1.29 bits per heavy atom. The van der Waals surface area contributed by atoms with Crippen LogP contribution >= 0.6 is 0 Å². The second kappa shape index (κ2) is 4.73. The van der Waals surface area contributed by atoms with Gasteiger partial charge in [0.15, 0.2) is 11.5 Å². The number of hydrogen-bond donors (Lipinski definition) is 3. The molecule has 1 unspecified atom stereocenters. The van der Waals surface area contributed by atoms with E-state index in [9.17, 15) is 0 Å². The second-order valence-electron chi connectivity index (χ2n) is 5.23. The molecule has 106 valence electrons. The fourth-order valence-electron chi connectivity index (χ4n) is 2.84. The van der Waals surface area contributed by atoms with Crippen molar-refractivity contribution in [3.05, 3.63) is 41.7 Å². The molecule has 0 fully saturated rings. The van der Waals surface area contributed by atoms with Crippen LogP contribution < -0.4 is 10.6 Å². The van der Waals surface area contributed by atoms with Gasteiger partial charge < -0.3 is 15.6 Å². The zero-order chi connectivity index (χ0) is 14.2. The number of imidazole rings is 1. The number of rotatable bonds is 4. The van der Waals surface area contributed by atoms with Crippen LogP contribution in [0.3, 0.4) is 0 Å². The number of hydrogen-bond acceptors (Lipinski definition) is 5. The molecule has 6 heteroatoms. The summed E-state index contributed by atoms with van der Waals surface area (Å²) >= 11 is 0. The summed E-state index contributed by atoms with van der Waals surface area (Å²) in [7, 11) is 1.81. The molecule has 21 heavy (non-hydrogen) atoms. The molecule has 3 aromatic rings. The van der Waals surface area contributed by atoms with Crippen LogP contribution in [0, 0.1) is 0 Å². The van der Waals surface area contributed by atoms with Gasteiger partial charge in [0.2, 0.25) is 5.95 Å². The molecule has 0 spiro atoms. The Kier molecular flexibility index (Phi) is 2.73. The summed E-state index contributed by atoms with van der Waals surface area (Å²) in [5, 5.41) is 6.39. The summed E-state index contributed by atoms with van der Waals surface area (Å²) in [6.45, 7) is 0.866. The number of aromatic nitrogens is 4. The molecule has 0 saturated heterocycles. The minimum absolute atomic E-state index is 0.548. The fraction of sp³-hybridized carbons (Fsp3) is 0.267. The number of aromatic amines is 1. The van der Waals surface area contributed by atoms with Crippen molar-refractivity contribution in [1.82, 2.24) is 19.9 Å². The summed E-state index contributed by atoms with van der Waals surface area (Å²) < 4.78 is 0. The fourth-order valence-corrected chi connectivity index (χ4v) is 2.84. The van der Waals surface area contributed by atoms with Crippen molar-refractivity contribution in [2.45, 2.75) is 12.3 Å². The Balaban J connectivity index is 1.57. The molecule has 1 atom stereocenters. The van der Waals surface area contributed by atoms with Crippen LogP contribution in [0.2, 0.25) is 0 Å². The Bertz CT molecular complexity index is 794. The lowest BCUT2D eigenvalue weighted by Gasteiger charge is -2.30. The molecule has 0 aliphatic heterocycles. The summed E-state index contributed by atoms with van der Waals surface area (Å²) in [6, 6.07) is 8.60. The van der Waals surface area contributed by atoms with E-state index in [4.69, 9.17) is 0 Å². The van der Waals surface area contributed by atoms with Crippen LogP contribution in [0.25, 0.3) is 11.2 Å². The molecule has 2 aromatic heterocycles. The van der Waals surface area contributed by atoms with Crippen molar-refractivity contribution in [3.63, 3.8) is 0 Å². The molecule has 1 aliphatic rings. The molecule has 1 aromatic carbocycles. The van der Waals surface area contributed by atoms with E-state index in [1.807, 2.05) is 0 Å². The van der Waals surface area contributed by atoms with Crippen LogP contribution in [-0.2, 0) is 6.42 Å². The summed E-state index contributed by atoms with van der Waals surface area (Å²) in [4.78, 5) is 16.1. The van der Waals surface area contributed by atoms with Gasteiger partial charge in [0.1, 0.15) is 5.52 Å². The Morgan fingerprint density at radius 2 is 2.19 bits per heavy atom. The number of nitrogens with one attached hydrogen (secondary N) is 3. The number of nitrogens with zero attached hydrogens (tertiary/aromatic N) is 3. The lowest BCUT2D eigenvalue weighted by atomic mass is 9.77. The predicted molar refractivity (Wildman–Crippen MR) is 82.6 cm³/mol. The van der Waals surface area contributed by atoms with Gasteiger partial charge in [-0.15, -0.1) is 0 Å². The van der Waals surface area contributed by atoms with Crippen LogP contribution in [-0.4, -0.2) is 33.5 Å². The van der Waals surface area contributed by atoms with E-state index < -0.39 is 0 Å². The van der Waals surface area contributed by atoms with E-state index in [-0.39, 0.29) is 0 Å². The maximum atomic E-state index is 4.47. The molecule has 3 N–H and O–H groups in total. The SMILES string of the molecule is CNc1nc(NCC2Cc3ccccc32)c2[nH]cnc2n1. The van der Waals surface area contributed by atoms with Gasteiger partial charge in [0.25, 0.3) is 0 Å². The molecule has 4 rings (SSSR count). The maximum absolute atomic E-state index is 4.47. The average Bonchev–Trinajstić information content (AvgIpc) is 2.96. The van der Waals surface area contributed by atoms with Crippen molar-refractivity contribution in [3.8, 4) is 0 Å². The molecular formula is C15H16N6. The Morgan fingerprint density at radius 3 is 3.05 bits per heavy atom. The van der Waals surface area contributed by atoms with Crippen LogP contribution in [0.15, 0.2) is 30.6 Å². The molecule has 0 bridgehead atoms. The molecule has 0 radical (unpaired) electrons. The van der Waals surface area contributed by atoms with Gasteiger partial charge in [-0.2, -0.15) is 9.97 Å². The van der Waals surface area contributed by atoms with Gasteiger partial charge in [-0.25, -0.2) is 4.98 Å². The summed E-state index contributed by atoms with van der Waals surface area (Å²) in [6.07, 6.45) is 2.77. The smallest absolute Gasteiger partial charge is 0.226 e. The first-order chi connectivity index (χ1) is 10.3. The molecule has 2 heterocycles. The maximum Gasteiger partial charge on any atom is 0.226 e. The van der Waals surface area contributed by atoms with E-state index in [0.29, 0.717) is 17.5 Å². The minimum atomic E-state index is 0.548. The lowest BCUT2D eigenvalue weighted by Crippen LogP contribution is -2.24. The van der Waals surface area contributed by atoms with Gasteiger partial charge in [-0.3, -0.25) is 0 Å². The zero-order valence-electron chi connectivity index (χ0n) is 11.7. The quantitative estimate of drug-likeness (QED) is 0.682. The van der Waals surface area contributed by atoms with Gasteiger partial charge >= 0.3 is 0 Å². The number of H-pyrrole nitrogens is 1. The van der Waals surface area contributed by atoms with Crippen molar-refractivity contribution < 1.29 is 0 Å². The first-order valence-electron chi connectivity index (χ1n) is 7.05.